The van der Waals surface area contributed by atoms with Gasteiger partial charge in [0.15, 0.2) is 17.3 Å². The Morgan fingerprint density at radius 2 is 1.88 bits per heavy atom. The van der Waals surface area contributed by atoms with Gasteiger partial charge < -0.3 is 15.5 Å². The SMILES string of the molecule is CC(C)n1c(=O)c2cnc(Nc3ccc(N4CCNC(CC(F)(F)F)C4)cc3)nc2n1-c1cccc(N=S(C)(C)=O)n1. The van der Waals surface area contributed by atoms with E-state index in [1.54, 1.807) is 35.0 Å². The minimum absolute atomic E-state index is 0.236. The number of anilines is 3. The molecule has 4 heterocycles. The molecule has 224 valence electrons. The second-order valence-electron chi connectivity index (χ2n) is 10.7. The molecule has 1 saturated heterocycles. The average Bonchev–Trinajstić information content (AvgIpc) is 3.19. The Hall–Kier alpha value is -3.98. The lowest BCUT2D eigenvalue weighted by molar-refractivity contribution is -0.139. The monoisotopic (exact) mass is 603 g/mol. The number of hydrogen-bond acceptors (Lipinski definition) is 9. The van der Waals surface area contributed by atoms with Crippen LogP contribution in [0.15, 0.2) is 57.8 Å². The molecule has 0 radical (unpaired) electrons. The summed E-state index contributed by atoms with van der Waals surface area (Å²) in [6.07, 6.45) is -0.610. The molecule has 1 aromatic carbocycles. The van der Waals surface area contributed by atoms with Crippen molar-refractivity contribution in [2.45, 2.75) is 38.5 Å². The van der Waals surface area contributed by atoms with Gasteiger partial charge in [-0.25, -0.2) is 23.5 Å². The third-order valence-electron chi connectivity index (χ3n) is 6.58. The highest BCUT2D eigenvalue weighted by Gasteiger charge is 2.34. The minimum Gasteiger partial charge on any atom is -0.369 e. The van der Waals surface area contributed by atoms with E-state index in [0.717, 1.165) is 5.69 Å². The Bertz CT molecular complexity index is 1770. The van der Waals surface area contributed by atoms with Crippen LogP contribution in [0.2, 0.25) is 0 Å². The molecule has 42 heavy (non-hydrogen) atoms. The molecule has 11 nitrogen and oxygen atoms in total. The molecule has 0 aliphatic carbocycles. The maximum atomic E-state index is 13.3. The van der Waals surface area contributed by atoms with Gasteiger partial charge in [0, 0.05) is 71.5 Å². The van der Waals surface area contributed by atoms with Crippen molar-refractivity contribution >= 4 is 43.9 Å². The fourth-order valence-electron chi connectivity index (χ4n) is 4.91. The zero-order valence-corrected chi connectivity index (χ0v) is 24.4. The van der Waals surface area contributed by atoms with Crippen molar-refractivity contribution in [1.29, 1.82) is 0 Å². The highest BCUT2D eigenvalue weighted by Crippen LogP contribution is 2.26. The molecule has 0 saturated carbocycles. The Morgan fingerprint density at radius 1 is 1.14 bits per heavy atom. The van der Waals surface area contributed by atoms with Gasteiger partial charge in [0.05, 0.1) is 6.42 Å². The summed E-state index contributed by atoms with van der Waals surface area (Å²) in [7, 11) is -2.45. The van der Waals surface area contributed by atoms with E-state index < -0.39 is 28.4 Å². The maximum absolute atomic E-state index is 13.3. The molecule has 1 unspecified atom stereocenters. The molecular weight excluding hydrogens is 571 g/mol. The summed E-state index contributed by atoms with van der Waals surface area (Å²) in [5.41, 5.74) is 1.53. The van der Waals surface area contributed by atoms with Crippen molar-refractivity contribution in [2.75, 3.05) is 42.4 Å². The molecule has 2 N–H and O–H groups in total. The van der Waals surface area contributed by atoms with Crippen LogP contribution in [0.25, 0.3) is 16.9 Å². The van der Waals surface area contributed by atoms with Crippen LogP contribution in [0.5, 0.6) is 0 Å². The first-order chi connectivity index (χ1) is 19.8. The number of pyridine rings is 1. The summed E-state index contributed by atoms with van der Waals surface area (Å²) in [5.74, 6) is 0.895. The van der Waals surface area contributed by atoms with Gasteiger partial charge in [-0.15, -0.1) is 0 Å². The zero-order valence-electron chi connectivity index (χ0n) is 23.6. The largest absolute Gasteiger partial charge is 0.390 e. The van der Waals surface area contributed by atoms with Crippen molar-refractivity contribution in [3.8, 4) is 5.82 Å². The van der Waals surface area contributed by atoms with Crippen molar-refractivity contribution in [1.82, 2.24) is 29.6 Å². The van der Waals surface area contributed by atoms with Gasteiger partial charge in [-0.2, -0.15) is 22.5 Å². The topological polar surface area (TPSA) is 122 Å². The number of fused-ring (bicyclic) bond motifs is 1. The molecule has 0 bridgehead atoms. The lowest BCUT2D eigenvalue weighted by atomic mass is 10.1. The summed E-state index contributed by atoms with van der Waals surface area (Å²) in [4.78, 5) is 28.7. The summed E-state index contributed by atoms with van der Waals surface area (Å²) in [6, 6.07) is 11.4. The van der Waals surface area contributed by atoms with Crippen molar-refractivity contribution in [2.24, 2.45) is 4.36 Å². The Balaban J connectivity index is 1.44. The number of hydrogen-bond donors (Lipinski definition) is 2. The summed E-state index contributed by atoms with van der Waals surface area (Å²) >= 11 is 0. The van der Waals surface area contributed by atoms with Crippen LogP contribution in [-0.4, -0.2) is 72.9 Å². The van der Waals surface area contributed by atoms with Crippen LogP contribution >= 0.6 is 0 Å². The zero-order chi connectivity index (χ0) is 30.2. The number of nitrogens with zero attached hydrogens (tertiary/aromatic N) is 7. The molecule has 0 spiro atoms. The number of rotatable bonds is 7. The highest BCUT2D eigenvalue weighted by atomic mass is 32.2. The highest BCUT2D eigenvalue weighted by molar-refractivity contribution is 7.92. The molecule has 1 aliphatic rings. The van der Waals surface area contributed by atoms with Gasteiger partial charge in [0.2, 0.25) is 5.95 Å². The Morgan fingerprint density at radius 3 is 2.55 bits per heavy atom. The van der Waals surface area contributed by atoms with Crippen LogP contribution in [0.1, 0.15) is 26.3 Å². The standard InChI is InChI=1S/C27H32F3N9O2S/c1-17(2)38-25(40)21-15-32-26(35-24(21)39(38)23-7-5-6-22(34-23)36-42(3,4)41)33-18-8-10-20(11-9-18)37-13-12-31-19(16-37)14-27(28,29)30/h5-11,15,17,19,31H,12-14,16H2,1-4H3,(H,32,33,35). The van der Waals surface area contributed by atoms with Gasteiger partial charge in [0.25, 0.3) is 5.56 Å². The van der Waals surface area contributed by atoms with E-state index in [1.165, 1.54) is 23.4 Å². The summed E-state index contributed by atoms with van der Waals surface area (Å²) < 4.78 is 58.2. The predicted molar refractivity (Wildman–Crippen MR) is 158 cm³/mol. The van der Waals surface area contributed by atoms with Crippen LogP contribution in [0.4, 0.5) is 36.3 Å². The lowest BCUT2D eigenvalue weighted by Crippen LogP contribution is -2.52. The fourth-order valence-corrected chi connectivity index (χ4v) is 5.47. The third kappa shape index (κ3) is 6.73. The second kappa shape index (κ2) is 11.4. The van der Waals surface area contributed by atoms with Crippen LogP contribution in [0, 0.1) is 0 Å². The van der Waals surface area contributed by atoms with E-state index in [2.05, 4.69) is 29.9 Å². The molecule has 1 aliphatic heterocycles. The van der Waals surface area contributed by atoms with Crippen LogP contribution in [0.3, 0.4) is 0 Å². The first kappa shape index (κ1) is 29.5. The lowest BCUT2D eigenvalue weighted by Gasteiger charge is -2.35. The second-order valence-corrected chi connectivity index (χ2v) is 13.2. The number of nitrogens with one attached hydrogen (secondary N) is 2. The first-order valence-corrected chi connectivity index (χ1v) is 15.7. The molecule has 15 heteroatoms. The number of alkyl halides is 3. The van der Waals surface area contributed by atoms with Crippen LogP contribution < -0.4 is 21.1 Å². The van der Waals surface area contributed by atoms with Crippen LogP contribution in [-0.2, 0) is 9.73 Å². The van der Waals surface area contributed by atoms with Crippen molar-refractivity contribution in [3.63, 3.8) is 0 Å². The van der Waals surface area contributed by atoms with Crippen molar-refractivity contribution in [3.05, 3.63) is 59.0 Å². The van der Waals surface area contributed by atoms with Gasteiger partial charge >= 0.3 is 6.18 Å². The number of piperazine rings is 1. The Labute approximate surface area is 241 Å². The third-order valence-corrected chi connectivity index (χ3v) is 7.21. The number of benzene rings is 1. The minimum atomic E-state index is -4.22. The van der Waals surface area contributed by atoms with Gasteiger partial charge in [-0.3, -0.25) is 4.79 Å². The smallest absolute Gasteiger partial charge is 0.369 e. The maximum Gasteiger partial charge on any atom is 0.390 e. The summed E-state index contributed by atoms with van der Waals surface area (Å²) in [5, 5.41) is 6.38. The molecular formula is C27H32F3N9O2S. The van der Waals surface area contributed by atoms with Gasteiger partial charge in [-0.05, 0) is 50.2 Å². The normalized spacial score (nSPS) is 16.3. The molecule has 4 aromatic rings. The molecule has 1 fully saturated rings. The van der Waals surface area contributed by atoms with E-state index in [-0.39, 0.29) is 29.9 Å². The average molecular weight is 604 g/mol. The molecule has 3 aromatic heterocycles. The van der Waals surface area contributed by atoms with Gasteiger partial charge in [-0.1, -0.05) is 6.07 Å². The van der Waals surface area contributed by atoms with E-state index >= 15 is 0 Å². The number of halogens is 3. The van der Waals surface area contributed by atoms with E-state index in [0.29, 0.717) is 35.6 Å². The van der Waals surface area contributed by atoms with E-state index in [4.69, 9.17) is 0 Å². The summed E-state index contributed by atoms with van der Waals surface area (Å²) in [6.45, 7) is 5.06. The molecule has 5 rings (SSSR count). The fraction of sp³-hybridized carbons (Fsp3) is 0.407. The molecule has 0 amide bonds. The van der Waals surface area contributed by atoms with Crippen molar-refractivity contribution < 1.29 is 17.4 Å². The molecule has 1 atom stereocenters. The first-order valence-electron chi connectivity index (χ1n) is 13.3. The predicted octanol–water partition coefficient (Wildman–Crippen LogP) is 4.39. The Kier molecular flexibility index (Phi) is 7.98. The quantitative estimate of drug-likeness (QED) is 0.319. The number of aromatic nitrogens is 5. The van der Waals surface area contributed by atoms with Gasteiger partial charge in [0.1, 0.15) is 5.39 Å². The van der Waals surface area contributed by atoms with E-state index in [9.17, 15) is 22.2 Å². The van der Waals surface area contributed by atoms with E-state index in [1.807, 2.05) is 30.9 Å².